The molecule has 2 amide bonds. The standard InChI is InChI=1S/C22H16Cl3N5O4S/c1-11-10-12(2)27-22(26-11)29-35(33,34)14-8-6-13(7-9-14)28-19-18(25)20(31)30(21(19)32)16-5-3-4-15(23)17(16)24/h3-10,28H,1-2H3,(H,26,27,29). The van der Waals surface area contributed by atoms with Crippen molar-refractivity contribution in [3.05, 3.63) is 80.7 Å². The van der Waals surface area contributed by atoms with E-state index in [1.807, 2.05) is 0 Å². The zero-order valence-corrected chi connectivity index (χ0v) is 21.2. The van der Waals surface area contributed by atoms with Crippen LogP contribution in [0.15, 0.2) is 64.2 Å². The van der Waals surface area contributed by atoms with Gasteiger partial charge in [-0.3, -0.25) is 9.59 Å². The molecule has 2 aromatic carbocycles. The van der Waals surface area contributed by atoms with Gasteiger partial charge in [0.25, 0.3) is 21.8 Å². The van der Waals surface area contributed by atoms with Gasteiger partial charge in [0.2, 0.25) is 5.95 Å². The van der Waals surface area contributed by atoms with Gasteiger partial charge in [-0.15, -0.1) is 0 Å². The minimum absolute atomic E-state index is 0.0245. The van der Waals surface area contributed by atoms with E-state index < -0.39 is 21.8 Å². The van der Waals surface area contributed by atoms with E-state index in [0.29, 0.717) is 17.1 Å². The number of hydrogen-bond donors (Lipinski definition) is 2. The van der Waals surface area contributed by atoms with Gasteiger partial charge in [-0.1, -0.05) is 40.9 Å². The van der Waals surface area contributed by atoms with Crippen molar-refractivity contribution in [1.29, 1.82) is 0 Å². The van der Waals surface area contributed by atoms with Crippen molar-refractivity contribution in [3.63, 3.8) is 0 Å². The molecule has 0 bridgehead atoms. The van der Waals surface area contributed by atoms with E-state index in [1.54, 1.807) is 26.0 Å². The van der Waals surface area contributed by atoms with Crippen LogP contribution in [0, 0.1) is 13.8 Å². The first-order chi connectivity index (χ1) is 16.5. The predicted molar refractivity (Wildman–Crippen MR) is 134 cm³/mol. The first-order valence-corrected chi connectivity index (χ1v) is 12.5. The Morgan fingerprint density at radius 1 is 0.886 bits per heavy atom. The number of sulfonamides is 1. The van der Waals surface area contributed by atoms with Gasteiger partial charge in [0.15, 0.2) is 0 Å². The van der Waals surface area contributed by atoms with E-state index in [1.165, 1.54) is 36.4 Å². The minimum Gasteiger partial charge on any atom is -0.350 e. The summed E-state index contributed by atoms with van der Waals surface area (Å²) in [5.74, 6) is -1.56. The van der Waals surface area contributed by atoms with Crippen LogP contribution in [-0.4, -0.2) is 30.2 Å². The fourth-order valence-corrected chi connectivity index (χ4v) is 4.84. The largest absolute Gasteiger partial charge is 0.350 e. The molecule has 1 aliphatic heterocycles. The van der Waals surface area contributed by atoms with Crippen molar-refractivity contribution in [2.45, 2.75) is 18.7 Å². The van der Waals surface area contributed by atoms with E-state index in [4.69, 9.17) is 34.8 Å². The molecule has 0 fully saturated rings. The van der Waals surface area contributed by atoms with Crippen molar-refractivity contribution in [1.82, 2.24) is 9.97 Å². The van der Waals surface area contributed by atoms with Gasteiger partial charge in [0, 0.05) is 17.1 Å². The molecular formula is C22H16Cl3N5O4S. The number of carbonyl (C=O) groups excluding carboxylic acids is 2. The monoisotopic (exact) mass is 551 g/mol. The molecule has 2 N–H and O–H groups in total. The Morgan fingerprint density at radius 2 is 1.51 bits per heavy atom. The third-order valence-corrected chi connectivity index (χ3v) is 7.34. The highest BCUT2D eigenvalue weighted by Gasteiger charge is 2.40. The molecule has 0 aliphatic carbocycles. The first-order valence-electron chi connectivity index (χ1n) is 9.92. The molecule has 180 valence electrons. The molecule has 0 atom stereocenters. The molecule has 0 radical (unpaired) electrons. The van der Waals surface area contributed by atoms with Crippen molar-refractivity contribution >= 4 is 74.0 Å². The summed E-state index contributed by atoms with van der Waals surface area (Å²) in [7, 11) is -3.97. The van der Waals surface area contributed by atoms with Gasteiger partial charge < -0.3 is 5.32 Å². The SMILES string of the molecule is Cc1cc(C)nc(NS(=O)(=O)c2ccc(NC3=C(Cl)C(=O)N(c4cccc(Cl)c4Cl)C3=O)cc2)n1. The minimum atomic E-state index is -3.97. The van der Waals surface area contributed by atoms with Crippen LogP contribution in [-0.2, 0) is 19.6 Å². The van der Waals surface area contributed by atoms with Crippen LogP contribution in [0.25, 0.3) is 0 Å². The third-order valence-electron chi connectivity index (χ3n) is 4.84. The highest BCUT2D eigenvalue weighted by Crippen LogP contribution is 2.37. The molecule has 9 nitrogen and oxygen atoms in total. The average Bonchev–Trinajstić information content (AvgIpc) is 2.98. The Bertz CT molecular complexity index is 1490. The van der Waals surface area contributed by atoms with E-state index in [2.05, 4.69) is 20.0 Å². The Hall–Kier alpha value is -3.18. The summed E-state index contributed by atoms with van der Waals surface area (Å²) >= 11 is 18.3. The number of carbonyl (C=O) groups is 2. The number of nitrogens with one attached hydrogen (secondary N) is 2. The highest BCUT2D eigenvalue weighted by atomic mass is 35.5. The van der Waals surface area contributed by atoms with E-state index in [-0.39, 0.29) is 37.3 Å². The smallest absolute Gasteiger partial charge is 0.283 e. The molecule has 2 heterocycles. The molecule has 4 rings (SSSR count). The zero-order chi connectivity index (χ0) is 25.5. The highest BCUT2D eigenvalue weighted by molar-refractivity contribution is 7.92. The molecule has 3 aromatic rings. The number of hydrogen-bond acceptors (Lipinski definition) is 7. The Balaban J connectivity index is 1.55. The van der Waals surface area contributed by atoms with Crippen LogP contribution in [0.1, 0.15) is 11.4 Å². The van der Waals surface area contributed by atoms with Crippen molar-refractivity contribution in [2.75, 3.05) is 14.9 Å². The molecule has 0 saturated carbocycles. The lowest BCUT2D eigenvalue weighted by atomic mass is 10.3. The first kappa shape index (κ1) is 24.9. The van der Waals surface area contributed by atoms with Gasteiger partial charge in [-0.25, -0.2) is 28.0 Å². The molecule has 0 unspecified atom stereocenters. The molecule has 1 aromatic heterocycles. The Morgan fingerprint density at radius 3 is 2.14 bits per heavy atom. The number of halogens is 3. The normalized spacial score (nSPS) is 14.0. The third kappa shape index (κ3) is 4.96. The maximum atomic E-state index is 13.0. The second-order valence-electron chi connectivity index (χ2n) is 7.44. The van der Waals surface area contributed by atoms with E-state index >= 15 is 0 Å². The summed E-state index contributed by atoms with van der Waals surface area (Å²) in [5.41, 5.74) is 1.45. The summed E-state index contributed by atoms with van der Waals surface area (Å²) in [6.45, 7) is 3.45. The second kappa shape index (κ2) is 9.46. The van der Waals surface area contributed by atoms with Crippen molar-refractivity contribution < 1.29 is 18.0 Å². The van der Waals surface area contributed by atoms with Gasteiger partial charge >= 0.3 is 0 Å². The Kier molecular flexibility index (Phi) is 6.74. The summed E-state index contributed by atoms with van der Waals surface area (Å²) < 4.78 is 27.8. The topological polar surface area (TPSA) is 121 Å². The van der Waals surface area contributed by atoms with Gasteiger partial charge in [0.05, 0.1) is 20.6 Å². The fraction of sp³-hybridized carbons (Fsp3) is 0.0909. The number of benzene rings is 2. The van der Waals surface area contributed by atoms with Crippen LogP contribution >= 0.6 is 34.8 Å². The second-order valence-corrected chi connectivity index (χ2v) is 10.3. The summed E-state index contributed by atoms with van der Waals surface area (Å²) in [6.07, 6.45) is 0. The lowest BCUT2D eigenvalue weighted by Crippen LogP contribution is -2.32. The number of aryl methyl sites for hydroxylation is 2. The Labute approximate surface area is 215 Å². The molecule has 13 heteroatoms. The van der Waals surface area contributed by atoms with E-state index in [9.17, 15) is 18.0 Å². The number of amides is 2. The molecule has 1 aliphatic rings. The van der Waals surface area contributed by atoms with Crippen LogP contribution in [0.2, 0.25) is 10.0 Å². The van der Waals surface area contributed by atoms with Gasteiger partial charge in [-0.2, -0.15) is 0 Å². The van der Waals surface area contributed by atoms with Crippen LogP contribution in [0.5, 0.6) is 0 Å². The van der Waals surface area contributed by atoms with Crippen LogP contribution in [0.3, 0.4) is 0 Å². The lowest BCUT2D eigenvalue weighted by molar-refractivity contribution is -0.120. The number of imide groups is 1. The molecular weight excluding hydrogens is 537 g/mol. The predicted octanol–water partition coefficient (Wildman–Crippen LogP) is 4.64. The van der Waals surface area contributed by atoms with E-state index in [0.717, 1.165) is 4.90 Å². The maximum absolute atomic E-state index is 13.0. The number of nitrogens with zero attached hydrogens (tertiary/aromatic N) is 3. The number of aromatic nitrogens is 2. The summed E-state index contributed by atoms with van der Waals surface area (Å²) in [5, 5.41) is 2.61. The number of anilines is 3. The van der Waals surface area contributed by atoms with Crippen molar-refractivity contribution in [2.24, 2.45) is 0 Å². The lowest BCUT2D eigenvalue weighted by Gasteiger charge is -2.17. The summed E-state index contributed by atoms with van der Waals surface area (Å²) in [4.78, 5) is 34.5. The summed E-state index contributed by atoms with van der Waals surface area (Å²) in [6, 6.07) is 11.7. The van der Waals surface area contributed by atoms with Crippen molar-refractivity contribution in [3.8, 4) is 0 Å². The van der Waals surface area contributed by atoms with Crippen LogP contribution in [0.4, 0.5) is 17.3 Å². The number of rotatable bonds is 6. The maximum Gasteiger partial charge on any atom is 0.283 e. The van der Waals surface area contributed by atoms with Crippen LogP contribution < -0.4 is 14.9 Å². The average molecular weight is 553 g/mol. The molecule has 0 saturated heterocycles. The fourth-order valence-electron chi connectivity index (χ4n) is 3.31. The quantitative estimate of drug-likeness (QED) is 0.427. The van der Waals surface area contributed by atoms with Gasteiger partial charge in [0.1, 0.15) is 10.7 Å². The molecule has 35 heavy (non-hydrogen) atoms. The van der Waals surface area contributed by atoms with Gasteiger partial charge in [-0.05, 0) is 56.3 Å². The zero-order valence-electron chi connectivity index (χ0n) is 18.1. The molecule has 0 spiro atoms.